The molecule has 0 spiro atoms. The third-order valence-electron chi connectivity index (χ3n) is 4.88. The molecule has 0 heterocycles. The van der Waals surface area contributed by atoms with E-state index in [-0.39, 0.29) is 12.4 Å². The maximum Gasteiger partial charge on any atom is 0.339 e. The second-order valence-electron chi connectivity index (χ2n) is 6.85. The summed E-state index contributed by atoms with van der Waals surface area (Å²) in [5.41, 5.74) is 4.77. The summed E-state index contributed by atoms with van der Waals surface area (Å²) in [6.07, 6.45) is 0. The summed E-state index contributed by atoms with van der Waals surface area (Å²) < 4.78 is 5.33. The maximum atomic E-state index is 12.6. The van der Waals surface area contributed by atoms with Crippen LogP contribution in [0, 0.1) is 0 Å². The lowest BCUT2D eigenvalue weighted by atomic mass is 10.00. The molecule has 0 bridgehead atoms. The number of benzene rings is 4. The van der Waals surface area contributed by atoms with Crippen molar-refractivity contribution in [3.63, 3.8) is 0 Å². The lowest BCUT2D eigenvalue weighted by molar-refractivity contribution is 0.0475. The predicted octanol–water partition coefficient (Wildman–Crippen LogP) is 6.06. The van der Waals surface area contributed by atoms with Gasteiger partial charge in [-0.05, 0) is 28.3 Å². The molecular weight excluding hydrogens is 372 g/mol. The monoisotopic (exact) mass is 392 g/mol. The van der Waals surface area contributed by atoms with E-state index in [0.29, 0.717) is 11.1 Å². The number of hydrogen-bond acceptors (Lipinski definition) is 3. The van der Waals surface area contributed by atoms with Crippen LogP contribution in [0.15, 0.2) is 109 Å². The molecule has 0 fully saturated rings. The van der Waals surface area contributed by atoms with Crippen molar-refractivity contribution < 1.29 is 14.3 Å². The molecule has 0 atom stereocenters. The first-order valence-electron chi connectivity index (χ1n) is 9.72. The molecule has 4 aromatic rings. The highest BCUT2D eigenvalue weighted by atomic mass is 16.5. The van der Waals surface area contributed by atoms with Crippen LogP contribution in [0.25, 0.3) is 22.3 Å². The highest BCUT2D eigenvalue weighted by molar-refractivity contribution is 6.01. The van der Waals surface area contributed by atoms with Gasteiger partial charge in [0.15, 0.2) is 12.4 Å². The highest BCUT2D eigenvalue weighted by Crippen LogP contribution is 2.24. The van der Waals surface area contributed by atoms with Crippen molar-refractivity contribution in [1.82, 2.24) is 0 Å². The first-order valence-corrected chi connectivity index (χ1v) is 9.72. The molecule has 3 heteroatoms. The third-order valence-corrected chi connectivity index (χ3v) is 4.88. The van der Waals surface area contributed by atoms with E-state index in [1.807, 2.05) is 84.9 Å². The molecule has 146 valence electrons. The number of ketones is 1. The third kappa shape index (κ3) is 4.36. The van der Waals surface area contributed by atoms with Crippen molar-refractivity contribution in [1.29, 1.82) is 0 Å². The molecule has 0 saturated heterocycles. The van der Waals surface area contributed by atoms with Crippen LogP contribution in [-0.2, 0) is 4.74 Å². The lowest BCUT2D eigenvalue weighted by Crippen LogP contribution is -2.15. The van der Waals surface area contributed by atoms with Crippen molar-refractivity contribution in [3.8, 4) is 22.3 Å². The van der Waals surface area contributed by atoms with Crippen LogP contribution in [0.4, 0.5) is 0 Å². The van der Waals surface area contributed by atoms with Gasteiger partial charge in [0.1, 0.15) is 0 Å². The Kier molecular flexibility index (Phi) is 5.81. The van der Waals surface area contributed by atoms with Gasteiger partial charge >= 0.3 is 5.97 Å². The van der Waals surface area contributed by atoms with Crippen LogP contribution in [0.2, 0.25) is 0 Å². The maximum absolute atomic E-state index is 12.6. The number of esters is 1. The first-order chi connectivity index (χ1) is 14.7. The molecule has 0 amide bonds. The zero-order chi connectivity index (χ0) is 20.8. The minimum Gasteiger partial charge on any atom is -0.454 e. The van der Waals surface area contributed by atoms with Crippen LogP contribution in [0.5, 0.6) is 0 Å². The quantitative estimate of drug-likeness (QED) is 0.296. The van der Waals surface area contributed by atoms with Gasteiger partial charge in [-0.15, -0.1) is 0 Å². The Bertz CT molecular complexity index is 1150. The van der Waals surface area contributed by atoms with Crippen molar-refractivity contribution in [2.24, 2.45) is 0 Å². The Morgan fingerprint density at radius 3 is 1.77 bits per heavy atom. The van der Waals surface area contributed by atoms with E-state index < -0.39 is 5.97 Å². The zero-order valence-electron chi connectivity index (χ0n) is 16.3. The molecule has 0 unspecified atom stereocenters. The fraction of sp³-hybridized carbons (Fsp3) is 0.0370. The summed E-state index contributed by atoms with van der Waals surface area (Å²) in [4.78, 5) is 25.1. The van der Waals surface area contributed by atoms with Gasteiger partial charge in [0.05, 0.1) is 5.56 Å². The fourth-order valence-corrected chi connectivity index (χ4v) is 3.30. The average molecular weight is 392 g/mol. The van der Waals surface area contributed by atoms with E-state index in [1.165, 1.54) is 0 Å². The Morgan fingerprint density at radius 2 is 1.10 bits per heavy atom. The van der Waals surface area contributed by atoms with Gasteiger partial charge < -0.3 is 4.74 Å². The normalized spacial score (nSPS) is 10.4. The van der Waals surface area contributed by atoms with E-state index in [1.54, 1.807) is 24.3 Å². The van der Waals surface area contributed by atoms with Gasteiger partial charge in [-0.25, -0.2) is 4.79 Å². The smallest absolute Gasteiger partial charge is 0.339 e. The minimum absolute atomic E-state index is 0.236. The minimum atomic E-state index is -0.510. The van der Waals surface area contributed by atoms with Gasteiger partial charge in [-0.1, -0.05) is 103 Å². The van der Waals surface area contributed by atoms with Gasteiger partial charge in [0.2, 0.25) is 0 Å². The molecule has 0 radical (unpaired) electrons. The zero-order valence-corrected chi connectivity index (χ0v) is 16.3. The molecule has 0 aliphatic rings. The number of carbonyl (C=O) groups excluding carboxylic acids is 2. The average Bonchev–Trinajstić information content (AvgIpc) is 2.83. The second-order valence-corrected chi connectivity index (χ2v) is 6.85. The molecular formula is C27H20O3. The van der Waals surface area contributed by atoms with Crippen LogP contribution in [0.3, 0.4) is 0 Å². The predicted molar refractivity (Wildman–Crippen MR) is 118 cm³/mol. The van der Waals surface area contributed by atoms with E-state index in [4.69, 9.17) is 4.74 Å². The number of rotatable bonds is 6. The van der Waals surface area contributed by atoms with Crippen LogP contribution >= 0.6 is 0 Å². The Labute approximate surface area is 175 Å². The fourth-order valence-electron chi connectivity index (χ4n) is 3.30. The number of Topliss-reactive ketones (excluding diaryl/α,β-unsaturated/α-hetero) is 1. The number of carbonyl (C=O) groups is 2. The number of ether oxygens (including phenoxy) is 1. The summed E-state index contributed by atoms with van der Waals surface area (Å²) in [6, 6.07) is 34.1. The molecule has 4 aromatic carbocycles. The van der Waals surface area contributed by atoms with Crippen molar-refractivity contribution in [2.75, 3.05) is 6.61 Å². The van der Waals surface area contributed by atoms with Gasteiger partial charge in [-0.3, -0.25) is 4.79 Å². The summed E-state index contributed by atoms with van der Waals surface area (Å²) in [7, 11) is 0. The van der Waals surface area contributed by atoms with Crippen molar-refractivity contribution >= 4 is 11.8 Å². The highest BCUT2D eigenvalue weighted by Gasteiger charge is 2.16. The molecule has 4 rings (SSSR count). The molecule has 30 heavy (non-hydrogen) atoms. The van der Waals surface area contributed by atoms with Crippen molar-refractivity contribution in [3.05, 3.63) is 120 Å². The van der Waals surface area contributed by atoms with E-state index in [2.05, 4.69) is 0 Å². The summed E-state index contributed by atoms with van der Waals surface area (Å²) in [5, 5.41) is 0. The van der Waals surface area contributed by atoms with Crippen LogP contribution in [-0.4, -0.2) is 18.4 Å². The first kappa shape index (κ1) is 19.3. The van der Waals surface area contributed by atoms with Crippen LogP contribution in [0.1, 0.15) is 20.7 Å². The summed E-state index contributed by atoms with van der Waals surface area (Å²) in [6.45, 7) is -0.299. The molecule has 0 aliphatic heterocycles. The molecule has 3 nitrogen and oxygen atoms in total. The standard InChI is InChI=1S/C27H20O3/c28-26(23-17-15-21(16-18-23)20-9-3-1-4-10-20)19-30-27(29)25-14-8-7-13-24(25)22-11-5-2-6-12-22/h1-18H,19H2. The summed E-state index contributed by atoms with van der Waals surface area (Å²) >= 11 is 0. The number of hydrogen-bond donors (Lipinski definition) is 0. The van der Waals surface area contributed by atoms with Crippen LogP contribution < -0.4 is 0 Å². The van der Waals surface area contributed by atoms with Crippen molar-refractivity contribution in [2.45, 2.75) is 0 Å². The van der Waals surface area contributed by atoms with Gasteiger partial charge in [-0.2, -0.15) is 0 Å². The molecule has 0 aliphatic carbocycles. The van der Waals surface area contributed by atoms with E-state index >= 15 is 0 Å². The topological polar surface area (TPSA) is 43.4 Å². The second kappa shape index (κ2) is 9.01. The van der Waals surface area contributed by atoms with E-state index in [0.717, 1.165) is 22.3 Å². The van der Waals surface area contributed by atoms with Gasteiger partial charge in [0.25, 0.3) is 0 Å². The Balaban J connectivity index is 1.44. The molecule has 0 N–H and O–H groups in total. The summed E-state index contributed by atoms with van der Waals surface area (Å²) in [5.74, 6) is -0.746. The van der Waals surface area contributed by atoms with Gasteiger partial charge in [0, 0.05) is 5.56 Å². The molecule has 0 aromatic heterocycles. The molecule has 0 saturated carbocycles. The Hall–Kier alpha value is -3.98. The van der Waals surface area contributed by atoms with E-state index in [9.17, 15) is 9.59 Å². The Morgan fingerprint density at radius 1 is 0.567 bits per heavy atom. The SMILES string of the molecule is O=C(COC(=O)c1ccccc1-c1ccccc1)c1ccc(-c2ccccc2)cc1. The largest absolute Gasteiger partial charge is 0.454 e. The lowest BCUT2D eigenvalue weighted by Gasteiger charge is -2.10.